The lowest BCUT2D eigenvalue weighted by molar-refractivity contribution is 0.389. The van der Waals surface area contributed by atoms with Gasteiger partial charge in [0.25, 0.3) is 0 Å². The molecule has 0 atom stereocenters. The van der Waals surface area contributed by atoms with Crippen molar-refractivity contribution < 1.29 is 4.42 Å². The highest BCUT2D eigenvalue weighted by molar-refractivity contribution is 4.97. The van der Waals surface area contributed by atoms with Gasteiger partial charge in [0.1, 0.15) is 5.76 Å². The van der Waals surface area contributed by atoms with E-state index in [-0.39, 0.29) is 0 Å². The fourth-order valence-electron chi connectivity index (χ4n) is 0.739. The average molecular weight is 138 g/mol. The average Bonchev–Trinajstić information content (AvgIpc) is 2.34. The molecule has 0 aliphatic heterocycles. The van der Waals surface area contributed by atoms with Gasteiger partial charge >= 0.3 is 0 Å². The van der Waals surface area contributed by atoms with Crippen molar-refractivity contribution in [2.75, 3.05) is 20.6 Å². The summed E-state index contributed by atoms with van der Waals surface area (Å²) in [6, 6.07) is 3.74. The van der Waals surface area contributed by atoms with E-state index in [0.717, 1.165) is 18.7 Å². The van der Waals surface area contributed by atoms with E-state index in [1.807, 2.05) is 20.2 Å². The summed E-state index contributed by atoms with van der Waals surface area (Å²) in [4.78, 5) is 2.13. The van der Waals surface area contributed by atoms with Gasteiger partial charge in [-0.1, -0.05) is 0 Å². The van der Waals surface area contributed by atoms with Gasteiger partial charge in [-0.3, -0.25) is 0 Å². The second kappa shape index (κ2) is 3.42. The third kappa shape index (κ3) is 2.23. The third-order valence-electron chi connectivity index (χ3n) is 1.33. The molecular formula is C8H12NO. The van der Waals surface area contributed by atoms with E-state index in [4.69, 9.17) is 4.42 Å². The molecule has 0 spiro atoms. The lowest BCUT2D eigenvalue weighted by Crippen LogP contribution is -2.14. The summed E-state index contributed by atoms with van der Waals surface area (Å²) in [5.41, 5.74) is 0. The first-order chi connectivity index (χ1) is 4.79. The second-order valence-electron chi connectivity index (χ2n) is 2.57. The molecule has 0 aliphatic rings. The number of rotatable bonds is 3. The molecule has 0 unspecified atom stereocenters. The van der Waals surface area contributed by atoms with Crippen molar-refractivity contribution in [1.29, 1.82) is 0 Å². The van der Waals surface area contributed by atoms with Gasteiger partial charge in [0, 0.05) is 13.0 Å². The summed E-state index contributed by atoms with van der Waals surface area (Å²) in [7, 11) is 4.10. The lowest BCUT2D eigenvalue weighted by atomic mass is 10.3. The van der Waals surface area contributed by atoms with Gasteiger partial charge in [0.05, 0.1) is 0 Å². The monoisotopic (exact) mass is 138 g/mol. The maximum atomic E-state index is 5.03. The van der Waals surface area contributed by atoms with Gasteiger partial charge < -0.3 is 9.32 Å². The van der Waals surface area contributed by atoms with Gasteiger partial charge in [-0.2, -0.15) is 0 Å². The van der Waals surface area contributed by atoms with Gasteiger partial charge in [0.15, 0.2) is 6.26 Å². The number of furan rings is 1. The van der Waals surface area contributed by atoms with Crippen LogP contribution in [0.5, 0.6) is 0 Å². The molecule has 0 N–H and O–H groups in total. The van der Waals surface area contributed by atoms with Crippen molar-refractivity contribution in [3.63, 3.8) is 0 Å². The predicted molar refractivity (Wildman–Crippen MR) is 39.8 cm³/mol. The molecule has 1 radical (unpaired) electrons. The standard InChI is InChI=1S/C8H12NO/c1-9(2)6-5-8-4-3-7-10-8/h3-4H,5-6H2,1-2H3. The molecule has 0 aliphatic carbocycles. The van der Waals surface area contributed by atoms with E-state index in [9.17, 15) is 0 Å². The molecule has 0 aromatic carbocycles. The molecule has 1 rings (SSSR count). The third-order valence-corrected chi connectivity index (χ3v) is 1.33. The van der Waals surface area contributed by atoms with Crippen LogP contribution in [0, 0.1) is 6.26 Å². The summed E-state index contributed by atoms with van der Waals surface area (Å²) < 4.78 is 5.03. The van der Waals surface area contributed by atoms with Gasteiger partial charge in [-0.05, 0) is 26.2 Å². The Balaban J connectivity index is 2.28. The van der Waals surface area contributed by atoms with E-state index in [1.165, 1.54) is 0 Å². The number of nitrogens with zero attached hydrogens (tertiary/aromatic N) is 1. The quantitative estimate of drug-likeness (QED) is 0.623. The highest BCUT2D eigenvalue weighted by Crippen LogP contribution is 1.99. The number of likely N-dealkylation sites (N-methyl/N-ethyl adjacent to an activating group) is 1. The Morgan fingerprint density at radius 1 is 1.60 bits per heavy atom. The minimum Gasteiger partial charge on any atom is -0.458 e. The van der Waals surface area contributed by atoms with Crippen molar-refractivity contribution in [2.24, 2.45) is 0 Å². The normalized spacial score (nSPS) is 10.7. The van der Waals surface area contributed by atoms with Crippen molar-refractivity contribution in [1.82, 2.24) is 4.90 Å². The molecule has 0 saturated carbocycles. The van der Waals surface area contributed by atoms with Crippen LogP contribution >= 0.6 is 0 Å². The smallest absolute Gasteiger partial charge is 0.169 e. The second-order valence-corrected chi connectivity index (χ2v) is 2.57. The molecule has 0 bridgehead atoms. The van der Waals surface area contributed by atoms with Crippen molar-refractivity contribution in [3.8, 4) is 0 Å². The summed E-state index contributed by atoms with van der Waals surface area (Å²) in [5, 5.41) is 0. The van der Waals surface area contributed by atoms with Crippen molar-refractivity contribution >= 4 is 0 Å². The van der Waals surface area contributed by atoms with Gasteiger partial charge in [0.2, 0.25) is 0 Å². The van der Waals surface area contributed by atoms with E-state index < -0.39 is 0 Å². The largest absolute Gasteiger partial charge is 0.458 e. The topological polar surface area (TPSA) is 16.4 Å². The summed E-state index contributed by atoms with van der Waals surface area (Å²) in [6.45, 7) is 1.03. The maximum Gasteiger partial charge on any atom is 0.169 e. The molecule has 0 saturated heterocycles. The van der Waals surface area contributed by atoms with Crippen LogP contribution in [0.15, 0.2) is 16.5 Å². The maximum absolute atomic E-state index is 5.03. The Kier molecular flexibility index (Phi) is 2.51. The first kappa shape index (κ1) is 7.35. The highest BCUT2D eigenvalue weighted by Gasteiger charge is 1.95. The Bertz CT molecular complexity index is 167. The summed E-state index contributed by atoms with van der Waals surface area (Å²) in [5.74, 6) is 1.01. The fourth-order valence-corrected chi connectivity index (χ4v) is 0.739. The summed E-state index contributed by atoms with van der Waals surface area (Å²) in [6.07, 6.45) is 3.63. The van der Waals surface area contributed by atoms with Crippen molar-refractivity contribution in [2.45, 2.75) is 6.42 Å². The summed E-state index contributed by atoms with van der Waals surface area (Å²) >= 11 is 0. The van der Waals surface area contributed by atoms with Crippen LogP contribution in [-0.2, 0) is 6.42 Å². The van der Waals surface area contributed by atoms with E-state index in [1.54, 1.807) is 6.07 Å². The first-order valence-electron chi connectivity index (χ1n) is 3.38. The molecule has 1 aromatic rings. The molecule has 55 valence electrons. The number of hydrogen-bond acceptors (Lipinski definition) is 2. The minimum atomic E-state index is 0.969. The molecule has 2 heteroatoms. The predicted octanol–water partition coefficient (Wildman–Crippen LogP) is 1.18. The highest BCUT2D eigenvalue weighted by atomic mass is 16.3. The molecule has 10 heavy (non-hydrogen) atoms. The van der Waals surface area contributed by atoms with E-state index >= 15 is 0 Å². The van der Waals surface area contributed by atoms with Gasteiger partial charge in [-0.15, -0.1) is 0 Å². The van der Waals surface area contributed by atoms with Crippen LogP contribution in [0.2, 0.25) is 0 Å². The molecule has 2 nitrogen and oxygen atoms in total. The molecular weight excluding hydrogens is 126 g/mol. The van der Waals surface area contributed by atoms with Crippen LogP contribution < -0.4 is 0 Å². The van der Waals surface area contributed by atoms with Crippen molar-refractivity contribution in [3.05, 3.63) is 24.2 Å². The zero-order chi connectivity index (χ0) is 7.40. The minimum absolute atomic E-state index is 0.969. The molecule has 1 heterocycles. The number of hydrogen-bond donors (Lipinski definition) is 0. The Morgan fingerprint density at radius 2 is 2.40 bits per heavy atom. The van der Waals surface area contributed by atoms with Gasteiger partial charge in [-0.25, -0.2) is 0 Å². The fraction of sp³-hybridized carbons (Fsp3) is 0.500. The molecule has 0 fully saturated rings. The SMILES string of the molecule is CN(C)CCc1cc[c]o1. The Labute approximate surface area is 61.4 Å². The van der Waals surface area contributed by atoms with E-state index in [0.29, 0.717) is 0 Å². The zero-order valence-corrected chi connectivity index (χ0v) is 6.42. The lowest BCUT2D eigenvalue weighted by Gasteiger charge is -2.06. The molecule has 0 amide bonds. The first-order valence-corrected chi connectivity index (χ1v) is 3.38. The van der Waals surface area contributed by atoms with Crippen LogP contribution in [0.25, 0.3) is 0 Å². The van der Waals surface area contributed by atoms with Crippen LogP contribution in [-0.4, -0.2) is 25.5 Å². The van der Waals surface area contributed by atoms with Crippen LogP contribution in [0.1, 0.15) is 5.76 Å². The Hall–Kier alpha value is -0.760. The van der Waals surface area contributed by atoms with Crippen LogP contribution in [0.4, 0.5) is 0 Å². The van der Waals surface area contributed by atoms with E-state index in [2.05, 4.69) is 11.2 Å². The Morgan fingerprint density at radius 3 is 2.90 bits per heavy atom. The molecule has 1 aromatic heterocycles. The zero-order valence-electron chi connectivity index (χ0n) is 6.42. The van der Waals surface area contributed by atoms with Crippen LogP contribution in [0.3, 0.4) is 0 Å².